The van der Waals surface area contributed by atoms with E-state index in [0.29, 0.717) is 10.9 Å². The van der Waals surface area contributed by atoms with Gasteiger partial charge in [-0.15, -0.1) is 11.6 Å². The fraction of sp³-hybridized carbons (Fsp3) is 0.118. The summed E-state index contributed by atoms with van der Waals surface area (Å²) in [5.74, 6) is -0.295. The van der Waals surface area contributed by atoms with Crippen LogP contribution in [0, 0.1) is 5.82 Å². The Kier molecular flexibility index (Phi) is 4.22. The van der Waals surface area contributed by atoms with Crippen LogP contribution < -0.4 is 0 Å². The maximum Gasteiger partial charge on any atom is 0.124 e. The Labute approximate surface area is 135 Å². The molecule has 0 spiro atoms. The number of hydrogen-bond acceptors (Lipinski definition) is 1. The molecule has 0 N–H and O–H groups in total. The highest BCUT2D eigenvalue weighted by atomic mass is 79.9. The number of para-hydroxylation sites is 1. The van der Waals surface area contributed by atoms with E-state index in [1.807, 2.05) is 42.5 Å². The van der Waals surface area contributed by atoms with Crippen molar-refractivity contribution in [3.8, 4) is 0 Å². The highest BCUT2D eigenvalue weighted by Gasteiger charge is 2.12. The van der Waals surface area contributed by atoms with Gasteiger partial charge < -0.3 is 0 Å². The van der Waals surface area contributed by atoms with Gasteiger partial charge in [0.15, 0.2) is 0 Å². The molecule has 0 saturated carbocycles. The maximum absolute atomic E-state index is 13.4. The van der Waals surface area contributed by atoms with Crippen LogP contribution in [0.3, 0.4) is 0 Å². The summed E-state index contributed by atoms with van der Waals surface area (Å²) in [6.07, 6.45) is 0.558. The lowest BCUT2D eigenvalue weighted by Crippen LogP contribution is -1.99. The number of alkyl halides is 1. The second kappa shape index (κ2) is 6.12. The number of aromatic nitrogens is 1. The van der Waals surface area contributed by atoms with E-state index in [2.05, 4.69) is 20.9 Å². The van der Waals surface area contributed by atoms with Crippen LogP contribution in [-0.2, 0) is 6.42 Å². The minimum absolute atomic E-state index is 0.295. The minimum atomic E-state index is -0.314. The van der Waals surface area contributed by atoms with Crippen LogP contribution in [0.15, 0.2) is 59.1 Å². The molecule has 0 aliphatic carbocycles. The van der Waals surface area contributed by atoms with E-state index in [1.54, 1.807) is 0 Å². The zero-order chi connectivity index (χ0) is 14.8. The zero-order valence-corrected chi connectivity index (χ0v) is 13.4. The van der Waals surface area contributed by atoms with E-state index < -0.39 is 0 Å². The number of benzene rings is 2. The number of nitrogens with zero attached hydrogens (tertiary/aromatic N) is 1. The van der Waals surface area contributed by atoms with Crippen LogP contribution >= 0.6 is 27.5 Å². The highest BCUT2D eigenvalue weighted by Crippen LogP contribution is 2.28. The SMILES string of the molecule is Fc1cc(Br)cc(C(Cl)Cc2ccc3ccccc3n2)c1. The van der Waals surface area contributed by atoms with Crippen molar-refractivity contribution in [2.75, 3.05) is 0 Å². The van der Waals surface area contributed by atoms with Crippen molar-refractivity contribution < 1.29 is 4.39 Å². The van der Waals surface area contributed by atoms with Crippen molar-refractivity contribution in [2.45, 2.75) is 11.8 Å². The largest absolute Gasteiger partial charge is 0.253 e. The van der Waals surface area contributed by atoms with E-state index in [0.717, 1.165) is 22.2 Å². The first-order chi connectivity index (χ1) is 10.1. The summed E-state index contributed by atoms with van der Waals surface area (Å²) in [6.45, 7) is 0. The summed E-state index contributed by atoms with van der Waals surface area (Å²) < 4.78 is 14.1. The number of fused-ring (bicyclic) bond motifs is 1. The Bertz CT molecular complexity index is 770. The van der Waals surface area contributed by atoms with Crippen LogP contribution in [0.5, 0.6) is 0 Å². The van der Waals surface area contributed by atoms with Gasteiger partial charge in [-0.3, -0.25) is 4.98 Å². The van der Waals surface area contributed by atoms with E-state index in [-0.39, 0.29) is 11.2 Å². The molecule has 1 atom stereocenters. The molecular weight excluding hydrogens is 353 g/mol. The molecule has 1 heterocycles. The van der Waals surface area contributed by atoms with Crippen molar-refractivity contribution in [1.82, 2.24) is 4.98 Å². The first-order valence-corrected chi connectivity index (χ1v) is 7.79. The van der Waals surface area contributed by atoms with Gasteiger partial charge in [-0.05, 0) is 35.9 Å². The van der Waals surface area contributed by atoms with Gasteiger partial charge in [-0.2, -0.15) is 0 Å². The Morgan fingerprint density at radius 3 is 2.71 bits per heavy atom. The predicted octanol–water partition coefficient (Wildman–Crippen LogP) is 5.66. The molecule has 4 heteroatoms. The first-order valence-electron chi connectivity index (χ1n) is 6.56. The quantitative estimate of drug-likeness (QED) is 0.547. The van der Waals surface area contributed by atoms with Crippen molar-refractivity contribution >= 4 is 38.4 Å². The third-order valence-corrected chi connectivity index (χ3v) is 4.16. The summed E-state index contributed by atoms with van der Waals surface area (Å²) in [5, 5.41) is 0.784. The molecule has 2 aromatic carbocycles. The Hall–Kier alpha value is -1.45. The van der Waals surface area contributed by atoms with Gasteiger partial charge >= 0.3 is 0 Å². The monoisotopic (exact) mass is 363 g/mol. The van der Waals surface area contributed by atoms with Crippen LogP contribution in [0.1, 0.15) is 16.6 Å². The van der Waals surface area contributed by atoms with Gasteiger partial charge in [0.1, 0.15) is 5.82 Å². The first kappa shape index (κ1) is 14.5. The molecule has 3 rings (SSSR count). The third-order valence-electron chi connectivity index (χ3n) is 3.29. The second-order valence-electron chi connectivity index (χ2n) is 4.87. The van der Waals surface area contributed by atoms with Crippen molar-refractivity contribution in [2.24, 2.45) is 0 Å². The minimum Gasteiger partial charge on any atom is -0.253 e. The number of halogens is 3. The average molecular weight is 365 g/mol. The lowest BCUT2D eigenvalue weighted by molar-refractivity contribution is 0.623. The van der Waals surface area contributed by atoms with Crippen molar-refractivity contribution in [1.29, 1.82) is 0 Å². The summed E-state index contributed by atoms with van der Waals surface area (Å²) in [4.78, 5) is 4.60. The molecule has 0 fully saturated rings. The molecule has 1 nitrogen and oxygen atoms in total. The van der Waals surface area contributed by atoms with Gasteiger partial charge in [0.2, 0.25) is 0 Å². The smallest absolute Gasteiger partial charge is 0.124 e. The predicted molar refractivity (Wildman–Crippen MR) is 88.1 cm³/mol. The van der Waals surface area contributed by atoms with Gasteiger partial charge in [0, 0.05) is 22.0 Å². The Balaban J connectivity index is 1.86. The molecule has 0 aliphatic heterocycles. The fourth-order valence-corrected chi connectivity index (χ4v) is 3.05. The molecule has 106 valence electrons. The third kappa shape index (κ3) is 3.42. The molecule has 1 unspecified atom stereocenters. The second-order valence-corrected chi connectivity index (χ2v) is 6.31. The van der Waals surface area contributed by atoms with E-state index in [4.69, 9.17) is 11.6 Å². The molecule has 21 heavy (non-hydrogen) atoms. The van der Waals surface area contributed by atoms with Crippen LogP contribution in [0.25, 0.3) is 10.9 Å². The summed E-state index contributed by atoms with van der Waals surface area (Å²) in [7, 11) is 0. The lowest BCUT2D eigenvalue weighted by Gasteiger charge is -2.11. The maximum atomic E-state index is 13.4. The van der Waals surface area contributed by atoms with Crippen molar-refractivity contribution in [3.63, 3.8) is 0 Å². The molecule has 0 aliphatic rings. The topological polar surface area (TPSA) is 12.9 Å². The molecule has 0 bridgehead atoms. The number of pyridine rings is 1. The molecule has 1 aromatic heterocycles. The molecular formula is C17H12BrClFN. The van der Waals surface area contributed by atoms with Crippen LogP contribution in [-0.4, -0.2) is 4.98 Å². The van der Waals surface area contributed by atoms with Crippen LogP contribution in [0.4, 0.5) is 4.39 Å². The Morgan fingerprint density at radius 1 is 1.10 bits per heavy atom. The Morgan fingerprint density at radius 2 is 1.90 bits per heavy atom. The summed E-state index contributed by atoms with van der Waals surface area (Å²) in [6, 6.07) is 16.6. The zero-order valence-electron chi connectivity index (χ0n) is 11.1. The standard InChI is InChI=1S/C17H12BrClFN/c18-13-7-12(8-14(20)9-13)16(19)10-15-6-5-11-3-1-2-4-17(11)21-15/h1-9,16H,10H2. The number of rotatable bonds is 3. The molecule has 0 radical (unpaired) electrons. The normalized spacial score (nSPS) is 12.5. The van der Waals surface area contributed by atoms with Crippen LogP contribution in [0.2, 0.25) is 0 Å². The molecule has 0 saturated heterocycles. The van der Waals surface area contributed by atoms with Crippen molar-refractivity contribution in [3.05, 3.63) is 76.1 Å². The summed E-state index contributed by atoms with van der Waals surface area (Å²) >= 11 is 9.69. The van der Waals surface area contributed by atoms with Gasteiger partial charge in [0.25, 0.3) is 0 Å². The summed E-state index contributed by atoms with van der Waals surface area (Å²) in [5.41, 5.74) is 2.59. The highest BCUT2D eigenvalue weighted by molar-refractivity contribution is 9.10. The van der Waals surface area contributed by atoms with E-state index >= 15 is 0 Å². The van der Waals surface area contributed by atoms with Gasteiger partial charge in [0.05, 0.1) is 10.9 Å². The van der Waals surface area contributed by atoms with E-state index in [1.165, 1.54) is 12.1 Å². The number of hydrogen-bond donors (Lipinski definition) is 0. The van der Waals surface area contributed by atoms with Gasteiger partial charge in [-0.1, -0.05) is 40.2 Å². The lowest BCUT2D eigenvalue weighted by atomic mass is 10.1. The molecule has 3 aromatic rings. The van der Waals surface area contributed by atoms with E-state index in [9.17, 15) is 4.39 Å². The van der Waals surface area contributed by atoms with Gasteiger partial charge in [-0.25, -0.2) is 4.39 Å². The fourth-order valence-electron chi connectivity index (χ4n) is 2.28. The molecule has 0 amide bonds. The average Bonchev–Trinajstić information content (AvgIpc) is 2.46.